The predicted octanol–water partition coefficient (Wildman–Crippen LogP) is 4.53. The van der Waals surface area contributed by atoms with Gasteiger partial charge in [0.1, 0.15) is 30.4 Å². The Balaban J connectivity index is 1.96. The number of halogens is 1. The molecule has 4 rings (SSSR count). The fraction of sp³-hybridized carbons (Fsp3) is 0.300. The third-order valence-electron chi connectivity index (χ3n) is 7.70. The van der Waals surface area contributed by atoms with Gasteiger partial charge in [0.25, 0.3) is 0 Å². The van der Waals surface area contributed by atoms with E-state index in [9.17, 15) is 29.0 Å². The molecule has 3 aromatic rings. The molecule has 1 heterocycles. The number of nitrogens with zero attached hydrogens (tertiary/aromatic N) is 1. The molecule has 3 aromatic carbocycles. The van der Waals surface area contributed by atoms with E-state index in [1.165, 1.54) is 30.3 Å². The van der Waals surface area contributed by atoms with Crippen molar-refractivity contribution in [2.45, 2.75) is 26.2 Å². The molecule has 7 nitrogen and oxygen atoms in total. The van der Waals surface area contributed by atoms with Gasteiger partial charge in [-0.2, -0.15) is 10.0 Å². The normalized spacial score (nSPS) is 23.1. The van der Waals surface area contributed by atoms with Crippen molar-refractivity contribution < 1.29 is 33.6 Å². The van der Waals surface area contributed by atoms with Crippen LogP contribution in [-0.2, 0) is 4.79 Å². The number of piperidine rings is 1. The molecular weight excluding hydrogens is 487 g/mol. The zero-order valence-corrected chi connectivity index (χ0v) is 21.6. The van der Waals surface area contributed by atoms with Crippen molar-refractivity contribution in [3.05, 3.63) is 94.8 Å². The molecule has 1 fully saturated rings. The van der Waals surface area contributed by atoms with E-state index in [4.69, 9.17) is 0 Å². The number of hydrogen-bond donors (Lipinski definition) is 3. The molecule has 0 saturated carbocycles. The van der Waals surface area contributed by atoms with Crippen molar-refractivity contribution in [3.63, 3.8) is 0 Å². The van der Waals surface area contributed by atoms with E-state index in [-0.39, 0.29) is 64.2 Å². The summed E-state index contributed by atoms with van der Waals surface area (Å²) < 4.78 is 14.5. The SMILES string of the molecule is CCC(=O)[N+]1(NC)C[C@H](C(=O)c2cccc(O)c2)C(c2cccc(F)c2C)[C@@H](C(=O)c2cccc(O)c2)C1. The van der Waals surface area contributed by atoms with Gasteiger partial charge in [-0.05, 0) is 48.4 Å². The van der Waals surface area contributed by atoms with Gasteiger partial charge in [0, 0.05) is 24.1 Å². The Morgan fingerprint density at radius 2 is 1.39 bits per heavy atom. The van der Waals surface area contributed by atoms with Gasteiger partial charge in [0.05, 0.1) is 18.3 Å². The second kappa shape index (κ2) is 10.8. The molecule has 0 spiro atoms. The summed E-state index contributed by atoms with van der Waals surface area (Å²) in [5.74, 6) is -4.11. The number of Topliss-reactive ketones (excluding diaryl/α,β-unsaturated/α-hetero) is 2. The quantitative estimate of drug-likeness (QED) is 0.313. The van der Waals surface area contributed by atoms with Crippen LogP contribution in [0.25, 0.3) is 0 Å². The highest BCUT2D eigenvalue weighted by Gasteiger charge is 2.55. The van der Waals surface area contributed by atoms with Crippen molar-refractivity contribution in [1.29, 1.82) is 0 Å². The lowest BCUT2D eigenvalue weighted by molar-refractivity contribution is -0.906. The van der Waals surface area contributed by atoms with Gasteiger partial charge in [-0.3, -0.25) is 9.59 Å². The summed E-state index contributed by atoms with van der Waals surface area (Å²) in [6.45, 7) is 3.42. The number of benzene rings is 3. The van der Waals surface area contributed by atoms with Crippen LogP contribution in [0.3, 0.4) is 0 Å². The Bertz CT molecular complexity index is 1320. The Labute approximate surface area is 221 Å². The molecular formula is C30H32FN2O5+. The number of aromatic hydroxyl groups is 2. The summed E-state index contributed by atoms with van der Waals surface area (Å²) in [4.78, 5) is 41.5. The minimum absolute atomic E-state index is 0.0438. The number of likely N-dealkylation sites (tertiary alicyclic amines) is 1. The van der Waals surface area contributed by atoms with Gasteiger partial charge in [-0.25, -0.2) is 9.18 Å². The zero-order chi connectivity index (χ0) is 27.6. The standard InChI is InChI=1S/C30H31FN2O5/c1-4-27(36)33(32-3)16-24(29(37)19-8-5-10-21(34)14-19)28(23-12-7-13-26(31)18(23)2)25(17-33)30(38)20-9-6-11-22(35)15-20/h5-15,24-25,28,32H,4,16-17H2,1-3H3,(H-,34,35)/p+1/t24-,25-,28?,33?/m0/s1. The lowest BCUT2D eigenvalue weighted by Crippen LogP contribution is -2.69. The summed E-state index contributed by atoms with van der Waals surface area (Å²) in [6, 6.07) is 16.5. The molecule has 1 aliphatic rings. The Kier molecular flexibility index (Phi) is 7.76. The highest BCUT2D eigenvalue weighted by atomic mass is 19.1. The second-order valence-corrected chi connectivity index (χ2v) is 9.83. The lowest BCUT2D eigenvalue weighted by Gasteiger charge is -2.47. The first-order valence-corrected chi connectivity index (χ1v) is 12.6. The Hall–Kier alpha value is -3.88. The first-order chi connectivity index (χ1) is 18.1. The number of amides is 1. The van der Waals surface area contributed by atoms with Crippen LogP contribution in [0, 0.1) is 24.6 Å². The number of phenolic OH excluding ortho intramolecular Hbond substituents is 2. The molecule has 0 unspecified atom stereocenters. The van der Waals surface area contributed by atoms with Crippen molar-refractivity contribution in [2.24, 2.45) is 11.8 Å². The van der Waals surface area contributed by atoms with Crippen LogP contribution in [0.4, 0.5) is 4.39 Å². The fourth-order valence-electron chi connectivity index (χ4n) is 5.72. The maximum Gasteiger partial charge on any atom is 0.332 e. The molecule has 0 aromatic heterocycles. The van der Waals surface area contributed by atoms with Crippen molar-refractivity contribution >= 4 is 17.5 Å². The number of hydrogen-bond acceptors (Lipinski definition) is 6. The molecule has 2 atom stereocenters. The van der Waals surface area contributed by atoms with Crippen LogP contribution in [0.1, 0.15) is 51.1 Å². The zero-order valence-electron chi connectivity index (χ0n) is 21.6. The van der Waals surface area contributed by atoms with Gasteiger partial charge in [-0.15, -0.1) is 0 Å². The highest BCUT2D eigenvalue weighted by molar-refractivity contribution is 6.02. The average Bonchev–Trinajstić information content (AvgIpc) is 2.92. The summed E-state index contributed by atoms with van der Waals surface area (Å²) in [6.07, 6.45) is 0.171. The van der Waals surface area contributed by atoms with Crippen LogP contribution in [0.2, 0.25) is 0 Å². The Morgan fingerprint density at radius 1 is 0.895 bits per heavy atom. The summed E-state index contributed by atoms with van der Waals surface area (Å²) in [7, 11) is 1.62. The van der Waals surface area contributed by atoms with Crippen LogP contribution >= 0.6 is 0 Å². The van der Waals surface area contributed by atoms with Gasteiger partial charge in [0.2, 0.25) is 0 Å². The Morgan fingerprint density at radius 3 is 1.84 bits per heavy atom. The van der Waals surface area contributed by atoms with Gasteiger partial charge in [0.15, 0.2) is 11.6 Å². The van der Waals surface area contributed by atoms with Crippen molar-refractivity contribution in [3.8, 4) is 11.5 Å². The van der Waals surface area contributed by atoms with E-state index in [0.29, 0.717) is 11.1 Å². The smallest absolute Gasteiger partial charge is 0.332 e. The van der Waals surface area contributed by atoms with Crippen LogP contribution in [0.15, 0.2) is 66.7 Å². The third kappa shape index (κ3) is 4.97. The summed E-state index contributed by atoms with van der Waals surface area (Å²) >= 11 is 0. The predicted molar refractivity (Wildman–Crippen MR) is 140 cm³/mol. The van der Waals surface area contributed by atoms with Crippen molar-refractivity contribution in [2.75, 3.05) is 20.1 Å². The lowest BCUT2D eigenvalue weighted by atomic mass is 9.67. The highest BCUT2D eigenvalue weighted by Crippen LogP contribution is 2.44. The van der Waals surface area contributed by atoms with E-state index < -0.39 is 23.6 Å². The molecule has 1 saturated heterocycles. The second-order valence-electron chi connectivity index (χ2n) is 9.83. The van der Waals surface area contributed by atoms with E-state index >= 15 is 0 Å². The minimum atomic E-state index is -0.903. The van der Waals surface area contributed by atoms with Crippen LogP contribution < -0.4 is 5.43 Å². The number of phenols is 2. The van der Waals surface area contributed by atoms with Gasteiger partial charge < -0.3 is 10.2 Å². The van der Waals surface area contributed by atoms with E-state index in [0.717, 1.165) is 0 Å². The van der Waals surface area contributed by atoms with E-state index in [2.05, 4.69) is 5.43 Å². The van der Waals surface area contributed by atoms with Crippen LogP contribution in [0.5, 0.6) is 11.5 Å². The van der Waals surface area contributed by atoms with Gasteiger partial charge >= 0.3 is 5.91 Å². The maximum absolute atomic E-state index is 14.8. The van der Waals surface area contributed by atoms with E-state index in [1.807, 2.05) is 0 Å². The number of carbonyl (C=O) groups is 3. The van der Waals surface area contributed by atoms with Crippen molar-refractivity contribution in [1.82, 2.24) is 5.43 Å². The van der Waals surface area contributed by atoms with Crippen LogP contribution in [-0.4, -0.2) is 52.4 Å². The average molecular weight is 520 g/mol. The third-order valence-corrected chi connectivity index (χ3v) is 7.70. The topological polar surface area (TPSA) is 104 Å². The number of carbonyl (C=O) groups excluding carboxylic acids is 3. The first kappa shape index (κ1) is 27.2. The molecule has 1 aliphatic heterocycles. The van der Waals surface area contributed by atoms with E-state index in [1.54, 1.807) is 57.3 Å². The maximum atomic E-state index is 14.8. The molecule has 1 amide bonds. The number of quaternary nitrogens is 1. The van der Waals surface area contributed by atoms with Gasteiger partial charge in [-0.1, -0.05) is 43.3 Å². The molecule has 38 heavy (non-hydrogen) atoms. The molecule has 0 aliphatic carbocycles. The fourth-order valence-corrected chi connectivity index (χ4v) is 5.72. The molecule has 3 N–H and O–H groups in total. The number of ketones is 2. The molecule has 0 bridgehead atoms. The summed E-state index contributed by atoms with van der Waals surface area (Å²) in [5, 5.41) is 20.1. The monoisotopic (exact) mass is 519 g/mol. The minimum Gasteiger partial charge on any atom is -0.508 e. The molecule has 0 radical (unpaired) electrons. The number of nitrogens with one attached hydrogen (secondary N) is 1. The number of rotatable bonds is 7. The summed E-state index contributed by atoms with van der Waals surface area (Å²) in [5.41, 5.74) is 4.38. The molecule has 8 heteroatoms. The first-order valence-electron chi connectivity index (χ1n) is 12.6. The largest absolute Gasteiger partial charge is 0.508 e. The molecule has 198 valence electrons.